The van der Waals surface area contributed by atoms with Crippen molar-refractivity contribution in [3.8, 4) is 6.07 Å². The van der Waals surface area contributed by atoms with Crippen LogP contribution in [-0.2, 0) is 4.74 Å². The summed E-state index contributed by atoms with van der Waals surface area (Å²) in [5.74, 6) is 0.474. The molecule has 122 valence electrons. The van der Waals surface area contributed by atoms with Gasteiger partial charge in [0.15, 0.2) is 6.23 Å². The van der Waals surface area contributed by atoms with Crippen molar-refractivity contribution < 1.29 is 20.1 Å². The molecular weight excluding hydrogens is 302 g/mol. The number of nitrogens with one attached hydrogen (secondary N) is 1. The van der Waals surface area contributed by atoms with Crippen LogP contribution >= 0.6 is 0 Å². The van der Waals surface area contributed by atoms with Crippen LogP contribution in [0, 0.1) is 11.3 Å². The largest absolute Gasteiger partial charge is 0.394 e. The van der Waals surface area contributed by atoms with Crippen LogP contribution in [0.5, 0.6) is 0 Å². The smallest absolute Gasteiger partial charge is 0.167 e. The summed E-state index contributed by atoms with van der Waals surface area (Å²) >= 11 is 0. The lowest BCUT2D eigenvalue weighted by Gasteiger charge is -2.27. The molecule has 9 heteroatoms. The van der Waals surface area contributed by atoms with Gasteiger partial charge >= 0.3 is 0 Å². The first-order valence-corrected chi connectivity index (χ1v) is 7.05. The molecule has 2 aromatic rings. The van der Waals surface area contributed by atoms with Crippen molar-refractivity contribution in [1.82, 2.24) is 14.5 Å². The second kappa shape index (κ2) is 5.43. The minimum absolute atomic E-state index is 0.311. The highest BCUT2D eigenvalue weighted by atomic mass is 16.6. The highest BCUT2D eigenvalue weighted by Gasteiger charge is 2.53. The first-order chi connectivity index (χ1) is 11.0. The molecule has 4 atom stereocenters. The van der Waals surface area contributed by atoms with Crippen molar-refractivity contribution in [2.75, 3.05) is 19.0 Å². The van der Waals surface area contributed by atoms with E-state index in [0.29, 0.717) is 22.4 Å². The van der Waals surface area contributed by atoms with E-state index in [2.05, 4.69) is 21.4 Å². The van der Waals surface area contributed by atoms with Gasteiger partial charge in [0.05, 0.1) is 17.6 Å². The maximum Gasteiger partial charge on any atom is 0.167 e. The molecule has 23 heavy (non-hydrogen) atoms. The van der Waals surface area contributed by atoms with Gasteiger partial charge in [0.25, 0.3) is 0 Å². The molecule has 1 aliphatic rings. The number of aliphatic hydroxyl groups is 3. The maximum atomic E-state index is 10.6. The summed E-state index contributed by atoms with van der Waals surface area (Å²) in [7, 11) is 1.67. The van der Waals surface area contributed by atoms with Crippen LogP contribution in [0.1, 0.15) is 18.7 Å². The Morgan fingerprint density at radius 1 is 1.52 bits per heavy atom. The predicted molar refractivity (Wildman–Crippen MR) is 79.4 cm³/mol. The fraction of sp³-hybridized carbons (Fsp3) is 0.500. The molecule has 0 unspecified atom stereocenters. The molecule has 1 saturated heterocycles. The molecule has 0 aliphatic carbocycles. The Balaban J connectivity index is 2.20. The summed E-state index contributed by atoms with van der Waals surface area (Å²) < 4.78 is 7.07. The zero-order valence-electron chi connectivity index (χ0n) is 12.6. The average molecular weight is 319 g/mol. The summed E-state index contributed by atoms with van der Waals surface area (Å²) in [5, 5.41) is 42.8. The van der Waals surface area contributed by atoms with Crippen molar-refractivity contribution in [3.05, 3.63) is 18.1 Å². The van der Waals surface area contributed by atoms with Gasteiger partial charge in [-0.2, -0.15) is 5.26 Å². The standard InChI is InChI=1S/C14H17N5O4/c1-14(22)10(21)8(5-20)23-13(14)19-4-7(3-15)9-11(16-2)17-6-18-12(9)19/h4,6,8,10,13,20-22H,5H2,1-2H3,(H,16,17,18)/t8-,10-,13-,14-/m1/s1. The zero-order chi connectivity index (χ0) is 16.8. The fourth-order valence-corrected chi connectivity index (χ4v) is 2.93. The Hall–Kier alpha value is -2.25. The van der Waals surface area contributed by atoms with Crippen LogP contribution in [0.3, 0.4) is 0 Å². The minimum atomic E-state index is -1.66. The second-order valence-corrected chi connectivity index (χ2v) is 5.61. The zero-order valence-corrected chi connectivity index (χ0v) is 12.6. The quantitative estimate of drug-likeness (QED) is 0.585. The van der Waals surface area contributed by atoms with Crippen LogP contribution in [0.4, 0.5) is 5.82 Å². The van der Waals surface area contributed by atoms with Gasteiger partial charge in [0, 0.05) is 13.2 Å². The highest BCUT2D eigenvalue weighted by molar-refractivity contribution is 5.92. The third kappa shape index (κ3) is 2.15. The summed E-state index contributed by atoms with van der Waals surface area (Å²) in [4.78, 5) is 8.25. The van der Waals surface area contributed by atoms with E-state index >= 15 is 0 Å². The summed E-state index contributed by atoms with van der Waals surface area (Å²) in [6.07, 6.45) is -0.380. The Bertz CT molecular complexity index is 781. The van der Waals surface area contributed by atoms with Gasteiger partial charge in [-0.1, -0.05) is 0 Å². The van der Waals surface area contributed by atoms with Crippen LogP contribution in [-0.4, -0.2) is 61.3 Å². The molecule has 0 saturated carbocycles. The van der Waals surface area contributed by atoms with E-state index in [-0.39, 0.29) is 0 Å². The number of hydrogen-bond donors (Lipinski definition) is 4. The van der Waals surface area contributed by atoms with E-state index in [1.54, 1.807) is 7.05 Å². The number of hydrogen-bond acceptors (Lipinski definition) is 8. The Labute approximate surface area is 131 Å². The fourth-order valence-electron chi connectivity index (χ4n) is 2.93. The number of ether oxygens (including phenoxy) is 1. The molecule has 1 fully saturated rings. The van der Waals surface area contributed by atoms with E-state index in [1.165, 1.54) is 24.0 Å². The molecule has 9 nitrogen and oxygen atoms in total. The molecule has 1 aliphatic heterocycles. The third-order valence-electron chi connectivity index (χ3n) is 4.15. The number of anilines is 1. The van der Waals surface area contributed by atoms with Gasteiger partial charge < -0.3 is 29.9 Å². The van der Waals surface area contributed by atoms with Crippen molar-refractivity contribution in [2.45, 2.75) is 31.0 Å². The average Bonchev–Trinajstić information content (AvgIpc) is 3.03. The summed E-state index contributed by atoms with van der Waals surface area (Å²) in [6, 6.07) is 2.06. The predicted octanol–water partition coefficient (Wildman–Crippen LogP) is -0.654. The van der Waals surface area contributed by atoms with Crippen molar-refractivity contribution in [1.29, 1.82) is 5.26 Å². The molecule has 0 bridgehead atoms. The Morgan fingerprint density at radius 3 is 2.83 bits per heavy atom. The number of aliphatic hydroxyl groups excluding tert-OH is 2. The van der Waals surface area contributed by atoms with E-state index in [0.717, 1.165) is 0 Å². The number of nitrogens with zero attached hydrogens (tertiary/aromatic N) is 4. The van der Waals surface area contributed by atoms with Crippen molar-refractivity contribution in [3.63, 3.8) is 0 Å². The molecule has 3 heterocycles. The van der Waals surface area contributed by atoms with Crippen LogP contribution in [0.2, 0.25) is 0 Å². The molecule has 0 aromatic carbocycles. The molecular formula is C14H17N5O4. The minimum Gasteiger partial charge on any atom is -0.394 e. The maximum absolute atomic E-state index is 10.6. The lowest BCUT2D eigenvalue weighted by Crippen LogP contribution is -2.44. The first kappa shape index (κ1) is 15.6. The van der Waals surface area contributed by atoms with Gasteiger partial charge in [-0.15, -0.1) is 0 Å². The van der Waals surface area contributed by atoms with Crippen molar-refractivity contribution >= 4 is 16.9 Å². The molecule has 2 aromatic heterocycles. The monoisotopic (exact) mass is 319 g/mol. The van der Waals surface area contributed by atoms with E-state index in [4.69, 9.17) is 4.74 Å². The van der Waals surface area contributed by atoms with E-state index < -0.39 is 30.6 Å². The number of aromatic nitrogens is 3. The van der Waals surface area contributed by atoms with Gasteiger partial charge in [0.2, 0.25) is 0 Å². The van der Waals surface area contributed by atoms with E-state index in [1.807, 2.05) is 0 Å². The topological polar surface area (TPSA) is 136 Å². The van der Waals surface area contributed by atoms with Gasteiger partial charge in [0.1, 0.15) is 41.7 Å². The Kier molecular flexibility index (Phi) is 3.69. The molecule has 0 amide bonds. The van der Waals surface area contributed by atoms with Crippen LogP contribution in [0.15, 0.2) is 12.5 Å². The summed E-state index contributed by atoms with van der Waals surface area (Å²) in [5.41, 5.74) is -0.958. The lowest BCUT2D eigenvalue weighted by atomic mass is 9.96. The van der Waals surface area contributed by atoms with Crippen LogP contribution in [0.25, 0.3) is 11.0 Å². The summed E-state index contributed by atoms with van der Waals surface area (Å²) in [6.45, 7) is 0.977. The first-order valence-electron chi connectivity index (χ1n) is 7.05. The molecule has 0 radical (unpaired) electrons. The Morgan fingerprint density at radius 2 is 2.26 bits per heavy atom. The van der Waals surface area contributed by atoms with Gasteiger partial charge in [-0.05, 0) is 6.92 Å². The number of fused-ring (bicyclic) bond motifs is 1. The molecule has 3 rings (SSSR count). The van der Waals surface area contributed by atoms with Gasteiger partial charge in [-0.3, -0.25) is 0 Å². The lowest BCUT2D eigenvalue weighted by molar-refractivity contribution is -0.0948. The molecule has 0 spiro atoms. The highest BCUT2D eigenvalue weighted by Crippen LogP contribution is 2.40. The third-order valence-corrected chi connectivity index (χ3v) is 4.15. The number of nitriles is 1. The SMILES string of the molecule is CNc1ncnc2c1c(C#N)cn2[C@@H]1O[C@H](CO)[C@@H](O)[C@@]1(C)O. The van der Waals surface area contributed by atoms with Crippen LogP contribution < -0.4 is 5.32 Å². The molecule has 4 N–H and O–H groups in total. The second-order valence-electron chi connectivity index (χ2n) is 5.61. The van der Waals surface area contributed by atoms with Crippen molar-refractivity contribution in [2.24, 2.45) is 0 Å². The van der Waals surface area contributed by atoms with E-state index in [9.17, 15) is 20.6 Å². The number of rotatable bonds is 3. The normalized spacial score (nSPS) is 30.5. The van der Waals surface area contributed by atoms with Gasteiger partial charge in [-0.25, -0.2) is 9.97 Å².